The largest absolute Gasteiger partial charge is 0.419 e. The smallest absolute Gasteiger partial charge is 0.308 e. The lowest BCUT2D eigenvalue weighted by Crippen LogP contribution is -2.22. The molecule has 0 spiro atoms. The highest BCUT2D eigenvalue weighted by Crippen LogP contribution is 2.42. The van der Waals surface area contributed by atoms with Crippen LogP contribution in [0.25, 0.3) is 0 Å². The summed E-state index contributed by atoms with van der Waals surface area (Å²) in [6.45, 7) is 0. The van der Waals surface area contributed by atoms with Crippen LogP contribution >= 0.6 is 23.2 Å². The monoisotopic (exact) mass is 348 g/mol. The Morgan fingerprint density at radius 1 is 0.955 bits per heavy atom. The molecule has 2 aromatic carbocycles. The molecule has 0 saturated heterocycles. The third-order valence-corrected chi connectivity index (χ3v) is 3.46. The quantitative estimate of drug-likeness (QED) is 0.722. The summed E-state index contributed by atoms with van der Waals surface area (Å²) >= 11 is 11.2. The third-order valence-electron chi connectivity index (χ3n) is 2.66. The number of alkyl halides is 3. The van der Waals surface area contributed by atoms with Crippen molar-refractivity contribution in [3.63, 3.8) is 0 Å². The van der Waals surface area contributed by atoms with Crippen LogP contribution in [0.2, 0.25) is 10.0 Å². The summed E-state index contributed by atoms with van der Waals surface area (Å²) in [7, 11) is 0. The van der Waals surface area contributed by atoms with Gasteiger partial charge >= 0.3 is 12.2 Å². The van der Waals surface area contributed by atoms with Crippen molar-refractivity contribution in [1.29, 1.82) is 0 Å². The number of hydrogen-bond donors (Lipinski definition) is 2. The van der Waals surface area contributed by atoms with E-state index in [2.05, 4.69) is 10.6 Å². The topological polar surface area (TPSA) is 41.1 Å². The zero-order valence-electron chi connectivity index (χ0n) is 10.8. The van der Waals surface area contributed by atoms with Gasteiger partial charge in [-0.2, -0.15) is 13.2 Å². The Morgan fingerprint density at radius 3 is 2.18 bits per heavy atom. The summed E-state index contributed by atoms with van der Waals surface area (Å²) in [6.07, 6.45) is -4.75. The number of amides is 2. The average Bonchev–Trinajstić information content (AvgIpc) is 2.42. The first-order valence-electron chi connectivity index (χ1n) is 5.97. The number of nitrogens with one attached hydrogen (secondary N) is 2. The molecular formula is C14H9Cl2F3N2O. The van der Waals surface area contributed by atoms with Crippen molar-refractivity contribution in [2.75, 3.05) is 10.6 Å². The van der Waals surface area contributed by atoms with E-state index in [9.17, 15) is 18.0 Å². The van der Waals surface area contributed by atoms with E-state index < -0.39 is 28.5 Å². The van der Waals surface area contributed by atoms with Crippen molar-refractivity contribution < 1.29 is 18.0 Å². The molecule has 0 atom stereocenters. The first-order chi connectivity index (χ1) is 10.3. The Kier molecular flexibility index (Phi) is 4.83. The number of hydrogen-bond acceptors (Lipinski definition) is 1. The van der Waals surface area contributed by atoms with Crippen LogP contribution in [-0.4, -0.2) is 6.03 Å². The van der Waals surface area contributed by atoms with Gasteiger partial charge in [0, 0.05) is 5.69 Å². The molecule has 8 heteroatoms. The van der Waals surface area contributed by atoms with Crippen LogP contribution in [0.4, 0.5) is 29.3 Å². The SMILES string of the molecule is O=C(Nc1ccccc1)Nc1ccc(Cl)c(Cl)c1C(F)(F)F. The first-order valence-corrected chi connectivity index (χ1v) is 6.73. The second-order valence-corrected chi connectivity index (χ2v) is 5.01. The molecular weight excluding hydrogens is 340 g/mol. The lowest BCUT2D eigenvalue weighted by molar-refractivity contribution is -0.136. The van der Waals surface area contributed by atoms with Gasteiger partial charge in [-0.3, -0.25) is 0 Å². The van der Waals surface area contributed by atoms with Crippen molar-refractivity contribution in [3.05, 3.63) is 58.1 Å². The maximum atomic E-state index is 13.1. The van der Waals surface area contributed by atoms with E-state index in [1.54, 1.807) is 30.3 Å². The third kappa shape index (κ3) is 3.84. The average molecular weight is 349 g/mol. The summed E-state index contributed by atoms with van der Waals surface area (Å²) in [5, 5.41) is 3.62. The summed E-state index contributed by atoms with van der Waals surface area (Å²) in [6, 6.07) is 9.68. The number of anilines is 2. The molecule has 0 fully saturated rings. The summed E-state index contributed by atoms with van der Waals surface area (Å²) < 4.78 is 39.2. The van der Waals surface area contributed by atoms with Crippen molar-refractivity contribution >= 4 is 40.6 Å². The second kappa shape index (κ2) is 6.46. The summed E-state index contributed by atoms with van der Waals surface area (Å²) in [5.41, 5.74) is -1.23. The fourth-order valence-corrected chi connectivity index (χ4v) is 2.17. The molecule has 2 N–H and O–H groups in total. The number of halogens is 5. The number of rotatable bonds is 2. The van der Waals surface area contributed by atoms with E-state index in [0.29, 0.717) is 5.69 Å². The van der Waals surface area contributed by atoms with Gasteiger partial charge in [-0.15, -0.1) is 0 Å². The van der Waals surface area contributed by atoms with Gasteiger partial charge in [0.05, 0.1) is 21.3 Å². The summed E-state index contributed by atoms with van der Waals surface area (Å²) in [5.74, 6) is 0. The fraction of sp³-hybridized carbons (Fsp3) is 0.0714. The van der Waals surface area contributed by atoms with Crippen LogP contribution in [-0.2, 0) is 6.18 Å². The molecule has 2 aromatic rings. The number of urea groups is 1. The van der Waals surface area contributed by atoms with Gasteiger partial charge in [0.1, 0.15) is 0 Å². The lowest BCUT2D eigenvalue weighted by atomic mass is 10.1. The van der Waals surface area contributed by atoms with E-state index >= 15 is 0 Å². The molecule has 3 nitrogen and oxygen atoms in total. The fourth-order valence-electron chi connectivity index (χ4n) is 1.74. The molecule has 0 aliphatic heterocycles. The predicted molar refractivity (Wildman–Crippen MR) is 80.5 cm³/mol. The molecule has 2 rings (SSSR count). The molecule has 0 bridgehead atoms. The number of carbonyl (C=O) groups excluding carboxylic acids is 1. The highest BCUT2D eigenvalue weighted by Gasteiger charge is 2.37. The zero-order valence-corrected chi connectivity index (χ0v) is 12.4. The van der Waals surface area contributed by atoms with E-state index in [1.165, 1.54) is 6.07 Å². The van der Waals surface area contributed by atoms with Crippen LogP contribution in [0.5, 0.6) is 0 Å². The lowest BCUT2D eigenvalue weighted by Gasteiger charge is -2.16. The van der Waals surface area contributed by atoms with Crippen LogP contribution < -0.4 is 10.6 Å². The van der Waals surface area contributed by atoms with Crippen LogP contribution in [0.3, 0.4) is 0 Å². The number of carbonyl (C=O) groups is 1. The molecule has 0 unspecified atom stereocenters. The maximum absolute atomic E-state index is 13.1. The molecule has 0 aliphatic rings. The Balaban J connectivity index is 2.26. The van der Waals surface area contributed by atoms with Crippen molar-refractivity contribution in [1.82, 2.24) is 0 Å². The van der Waals surface area contributed by atoms with Gasteiger partial charge < -0.3 is 10.6 Å². The van der Waals surface area contributed by atoms with Gasteiger partial charge in [-0.25, -0.2) is 4.79 Å². The Labute approximate surface area is 134 Å². The van der Waals surface area contributed by atoms with Crippen molar-refractivity contribution in [2.45, 2.75) is 6.18 Å². The molecule has 0 aliphatic carbocycles. The minimum atomic E-state index is -4.75. The Bertz CT molecular complexity index is 690. The Morgan fingerprint density at radius 2 is 1.59 bits per heavy atom. The highest BCUT2D eigenvalue weighted by atomic mass is 35.5. The number of para-hydroxylation sites is 1. The van der Waals surface area contributed by atoms with Gasteiger partial charge in [0.2, 0.25) is 0 Å². The molecule has 22 heavy (non-hydrogen) atoms. The molecule has 116 valence electrons. The maximum Gasteiger partial charge on any atom is 0.419 e. The summed E-state index contributed by atoms with van der Waals surface area (Å²) in [4.78, 5) is 11.8. The molecule has 0 saturated carbocycles. The van der Waals surface area contributed by atoms with E-state index in [0.717, 1.165) is 6.07 Å². The van der Waals surface area contributed by atoms with E-state index in [-0.39, 0.29) is 5.02 Å². The Hall–Kier alpha value is -1.92. The first kappa shape index (κ1) is 16.5. The zero-order chi connectivity index (χ0) is 16.3. The van der Waals surface area contributed by atoms with Crippen LogP contribution in [0, 0.1) is 0 Å². The van der Waals surface area contributed by atoms with Gasteiger partial charge in [-0.05, 0) is 24.3 Å². The standard InChI is InChI=1S/C14H9Cl2F3N2O/c15-9-6-7-10(11(12(9)16)14(17,18)19)21-13(22)20-8-4-2-1-3-5-8/h1-7H,(H2,20,21,22). The van der Waals surface area contributed by atoms with Gasteiger partial charge in [-0.1, -0.05) is 41.4 Å². The minimum absolute atomic E-state index is 0.247. The second-order valence-electron chi connectivity index (χ2n) is 4.23. The normalized spacial score (nSPS) is 11.1. The molecule has 0 heterocycles. The molecule has 0 radical (unpaired) electrons. The predicted octanol–water partition coefficient (Wildman–Crippen LogP) is 5.66. The van der Waals surface area contributed by atoms with Crippen LogP contribution in [0.15, 0.2) is 42.5 Å². The number of benzene rings is 2. The molecule has 2 amide bonds. The highest BCUT2D eigenvalue weighted by molar-refractivity contribution is 6.42. The van der Waals surface area contributed by atoms with Gasteiger partial charge in [0.15, 0.2) is 0 Å². The van der Waals surface area contributed by atoms with E-state index in [4.69, 9.17) is 23.2 Å². The van der Waals surface area contributed by atoms with Crippen LogP contribution in [0.1, 0.15) is 5.56 Å². The minimum Gasteiger partial charge on any atom is -0.308 e. The molecule has 0 aromatic heterocycles. The van der Waals surface area contributed by atoms with Crippen molar-refractivity contribution in [3.8, 4) is 0 Å². The van der Waals surface area contributed by atoms with E-state index in [1.807, 2.05) is 0 Å². The van der Waals surface area contributed by atoms with Gasteiger partial charge in [0.25, 0.3) is 0 Å². The van der Waals surface area contributed by atoms with Crippen molar-refractivity contribution in [2.24, 2.45) is 0 Å².